The number of hydrogen-bond donors (Lipinski definition) is 2. The van der Waals surface area contributed by atoms with Crippen molar-refractivity contribution in [3.8, 4) is 0 Å². The number of nitro benzene ring substituents is 1. The molecule has 1 amide bonds. The molecular weight excluding hydrogens is 292 g/mol. The van der Waals surface area contributed by atoms with Crippen LogP contribution in [0.5, 0.6) is 0 Å². The van der Waals surface area contributed by atoms with E-state index in [9.17, 15) is 24.5 Å². The summed E-state index contributed by atoms with van der Waals surface area (Å²) in [4.78, 5) is 50.7. The van der Waals surface area contributed by atoms with Gasteiger partial charge in [-0.15, -0.1) is 0 Å². The van der Waals surface area contributed by atoms with Crippen LogP contribution in [0.25, 0.3) is 11.0 Å². The smallest absolute Gasteiger partial charge is 0.314 e. The molecule has 0 fully saturated rings. The van der Waals surface area contributed by atoms with E-state index in [1.165, 1.54) is 17.9 Å². The molecule has 2 aromatic rings. The zero-order valence-electron chi connectivity index (χ0n) is 11.7. The number of aromatic amines is 2. The van der Waals surface area contributed by atoms with Crippen molar-refractivity contribution in [2.24, 2.45) is 0 Å². The van der Waals surface area contributed by atoms with Crippen molar-refractivity contribution in [1.82, 2.24) is 14.9 Å². The van der Waals surface area contributed by atoms with Crippen LogP contribution in [0.2, 0.25) is 0 Å². The fraction of sp³-hybridized carbons (Fsp3) is 0.231. The van der Waals surface area contributed by atoms with Gasteiger partial charge in [-0.3, -0.25) is 24.5 Å². The van der Waals surface area contributed by atoms with Gasteiger partial charge in [0.2, 0.25) is 5.91 Å². The number of carbonyl (C=O) groups is 1. The van der Waals surface area contributed by atoms with Crippen LogP contribution in [-0.2, 0) is 11.3 Å². The van der Waals surface area contributed by atoms with Crippen molar-refractivity contribution in [2.75, 3.05) is 6.54 Å². The van der Waals surface area contributed by atoms with Crippen molar-refractivity contribution >= 4 is 22.6 Å². The third-order valence-corrected chi connectivity index (χ3v) is 3.19. The number of fused-ring (bicyclic) bond motifs is 1. The molecule has 0 spiro atoms. The summed E-state index contributed by atoms with van der Waals surface area (Å²) in [5.41, 5.74) is -1.31. The summed E-state index contributed by atoms with van der Waals surface area (Å²) >= 11 is 0. The van der Waals surface area contributed by atoms with E-state index < -0.39 is 16.0 Å². The Hall–Kier alpha value is -2.97. The summed E-state index contributed by atoms with van der Waals surface area (Å²) in [6, 6.07) is 2.40. The van der Waals surface area contributed by atoms with E-state index in [2.05, 4.69) is 16.9 Å². The van der Waals surface area contributed by atoms with Crippen LogP contribution in [-0.4, -0.2) is 32.2 Å². The van der Waals surface area contributed by atoms with Crippen molar-refractivity contribution in [1.29, 1.82) is 0 Å². The van der Waals surface area contributed by atoms with Crippen LogP contribution in [0, 0.1) is 17.0 Å². The van der Waals surface area contributed by atoms with E-state index in [0.717, 1.165) is 6.07 Å². The van der Waals surface area contributed by atoms with Crippen molar-refractivity contribution < 1.29 is 9.72 Å². The molecule has 0 saturated heterocycles. The van der Waals surface area contributed by atoms with Gasteiger partial charge in [0.15, 0.2) is 0 Å². The second-order valence-corrected chi connectivity index (χ2v) is 4.63. The average molecular weight is 305 g/mol. The first kappa shape index (κ1) is 15.4. The summed E-state index contributed by atoms with van der Waals surface area (Å²) in [6.45, 7) is 5.14. The number of benzene rings is 1. The minimum Gasteiger partial charge on any atom is -0.339 e. The summed E-state index contributed by atoms with van der Waals surface area (Å²) in [6.07, 6.45) is 0. The molecule has 9 heteroatoms. The number of amides is 1. The lowest BCUT2D eigenvalue weighted by Crippen LogP contribution is -2.31. The van der Waals surface area contributed by atoms with Crippen molar-refractivity contribution in [3.63, 3.8) is 0 Å². The maximum Gasteiger partial charge on any atom is 0.314 e. The second kappa shape index (κ2) is 5.80. The van der Waals surface area contributed by atoms with E-state index in [-0.39, 0.29) is 35.7 Å². The number of H-pyrrole nitrogens is 2. The quantitative estimate of drug-likeness (QED) is 0.477. The molecule has 22 heavy (non-hydrogen) atoms. The molecule has 115 valence electrons. The van der Waals surface area contributed by atoms with E-state index in [0.29, 0.717) is 5.56 Å². The number of hydrogen-bond acceptors (Lipinski definition) is 5. The predicted octanol–water partition coefficient (Wildman–Crippen LogP) is 0.307. The number of nitrogens with one attached hydrogen (secondary N) is 2. The molecule has 1 heterocycles. The number of rotatable bonds is 4. The predicted molar refractivity (Wildman–Crippen MR) is 78.3 cm³/mol. The molecule has 2 rings (SSSR count). The number of nitrogens with zero attached hydrogens (tertiary/aromatic N) is 2. The highest BCUT2D eigenvalue weighted by molar-refractivity contribution is 5.81. The van der Waals surface area contributed by atoms with Gasteiger partial charge in [-0.25, -0.2) is 0 Å². The van der Waals surface area contributed by atoms with Crippen LogP contribution < -0.4 is 11.1 Å². The number of aromatic nitrogens is 2. The van der Waals surface area contributed by atoms with Gasteiger partial charge >= 0.3 is 11.1 Å². The van der Waals surface area contributed by atoms with Crippen LogP contribution in [0.3, 0.4) is 0 Å². The molecule has 0 bridgehead atoms. The summed E-state index contributed by atoms with van der Waals surface area (Å²) < 4.78 is 0. The topological polar surface area (TPSA) is 129 Å². The standard InChI is InChI=1S/C13H13N4O5/c1-3-16(7(2)18)6-8-4-9(17(21)22)5-10-11(8)15-13(20)12(19)14-10/h4-5H,1,3,6H2,2H3,(H,14,19)(H,15,20). The van der Waals surface area contributed by atoms with Gasteiger partial charge in [-0.2, -0.15) is 0 Å². The zero-order chi connectivity index (χ0) is 16.4. The largest absolute Gasteiger partial charge is 0.339 e. The number of nitro groups is 1. The molecule has 1 radical (unpaired) electrons. The summed E-state index contributed by atoms with van der Waals surface area (Å²) in [5, 5.41) is 11.0. The Bertz CT molecular complexity index is 867. The number of carbonyl (C=O) groups excluding carboxylic acids is 1. The Labute approximate surface area is 123 Å². The molecule has 2 N–H and O–H groups in total. The Balaban J connectivity index is 2.71. The minimum atomic E-state index is -0.903. The fourth-order valence-electron chi connectivity index (χ4n) is 2.06. The van der Waals surface area contributed by atoms with Gasteiger partial charge in [-0.1, -0.05) is 0 Å². The normalized spacial score (nSPS) is 10.6. The first-order valence-electron chi connectivity index (χ1n) is 6.32. The Kier molecular flexibility index (Phi) is 4.06. The molecule has 0 aliphatic carbocycles. The average Bonchev–Trinajstić information content (AvgIpc) is 2.45. The van der Waals surface area contributed by atoms with E-state index in [4.69, 9.17) is 0 Å². The zero-order valence-corrected chi connectivity index (χ0v) is 11.7. The molecule has 0 atom stereocenters. The highest BCUT2D eigenvalue weighted by Gasteiger charge is 2.16. The lowest BCUT2D eigenvalue weighted by atomic mass is 10.1. The Morgan fingerprint density at radius 1 is 1.32 bits per heavy atom. The lowest BCUT2D eigenvalue weighted by Gasteiger charge is -2.19. The molecule has 0 aliphatic rings. The van der Waals surface area contributed by atoms with Gasteiger partial charge < -0.3 is 14.9 Å². The SMILES string of the molecule is [CH2]CN(Cc1cc([N+](=O)[O-])cc2[nH]c(=O)c(=O)[nH]c12)C(C)=O. The van der Waals surface area contributed by atoms with Gasteiger partial charge in [-0.05, 0) is 6.92 Å². The fourth-order valence-corrected chi connectivity index (χ4v) is 2.06. The maximum absolute atomic E-state index is 11.5. The summed E-state index contributed by atoms with van der Waals surface area (Å²) in [5.74, 6) is -0.263. The number of non-ortho nitro benzene ring substituents is 1. The van der Waals surface area contributed by atoms with Gasteiger partial charge in [0, 0.05) is 37.7 Å². The molecule has 1 aromatic carbocycles. The monoisotopic (exact) mass is 305 g/mol. The third-order valence-electron chi connectivity index (χ3n) is 3.19. The van der Waals surface area contributed by atoms with Gasteiger partial charge in [0.1, 0.15) is 0 Å². The molecule has 9 nitrogen and oxygen atoms in total. The maximum atomic E-state index is 11.5. The Morgan fingerprint density at radius 2 is 1.95 bits per heavy atom. The first-order chi connectivity index (χ1) is 10.3. The molecule has 0 unspecified atom stereocenters. The van der Waals surface area contributed by atoms with Gasteiger partial charge in [0.25, 0.3) is 5.69 Å². The highest BCUT2D eigenvalue weighted by atomic mass is 16.6. The summed E-state index contributed by atoms with van der Waals surface area (Å²) in [7, 11) is 0. The molecule has 1 aromatic heterocycles. The van der Waals surface area contributed by atoms with E-state index in [1.807, 2.05) is 0 Å². The van der Waals surface area contributed by atoms with Crippen molar-refractivity contribution in [2.45, 2.75) is 13.5 Å². The minimum absolute atomic E-state index is 0.0268. The highest BCUT2D eigenvalue weighted by Crippen LogP contribution is 2.22. The van der Waals surface area contributed by atoms with E-state index in [1.54, 1.807) is 0 Å². The van der Waals surface area contributed by atoms with Crippen LogP contribution in [0.1, 0.15) is 12.5 Å². The first-order valence-corrected chi connectivity index (χ1v) is 6.32. The molecular formula is C13H13N4O5. The second-order valence-electron chi connectivity index (χ2n) is 4.63. The Morgan fingerprint density at radius 3 is 2.50 bits per heavy atom. The lowest BCUT2D eigenvalue weighted by molar-refractivity contribution is -0.384. The molecule has 0 aliphatic heterocycles. The van der Waals surface area contributed by atoms with Crippen molar-refractivity contribution in [3.05, 3.63) is 55.4 Å². The van der Waals surface area contributed by atoms with Crippen LogP contribution >= 0.6 is 0 Å². The van der Waals surface area contributed by atoms with Gasteiger partial charge in [0.05, 0.1) is 16.0 Å². The molecule has 0 saturated carbocycles. The third kappa shape index (κ3) is 2.87. The van der Waals surface area contributed by atoms with Crippen LogP contribution in [0.4, 0.5) is 5.69 Å². The van der Waals surface area contributed by atoms with E-state index >= 15 is 0 Å². The van der Waals surface area contributed by atoms with Crippen LogP contribution in [0.15, 0.2) is 21.7 Å².